The second kappa shape index (κ2) is 7.87. The number of cyclic esters (lactones) is 1. The van der Waals surface area contributed by atoms with E-state index in [9.17, 15) is 9.59 Å². The van der Waals surface area contributed by atoms with Crippen LogP contribution in [-0.2, 0) is 17.7 Å². The van der Waals surface area contributed by atoms with Crippen molar-refractivity contribution >= 4 is 23.5 Å². The lowest BCUT2D eigenvalue weighted by molar-refractivity contribution is 0.181. The SMILES string of the molecule is C[C@@H](NC(=O)Nc1cccc(N2CCOC2=O)c1)c1nnc2n1CCCCC2. The number of carbonyl (C=O) groups excluding carboxylic acids is 2. The van der Waals surface area contributed by atoms with Gasteiger partial charge in [-0.1, -0.05) is 12.5 Å². The van der Waals surface area contributed by atoms with Crippen LogP contribution < -0.4 is 15.5 Å². The second-order valence-electron chi connectivity index (χ2n) is 7.07. The summed E-state index contributed by atoms with van der Waals surface area (Å²) in [5.74, 6) is 1.77. The van der Waals surface area contributed by atoms with Gasteiger partial charge in [-0.3, -0.25) is 4.90 Å². The van der Waals surface area contributed by atoms with Gasteiger partial charge in [0.1, 0.15) is 12.4 Å². The van der Waals surface area contributed by atoms with Crippen LogP contribution in [0.5, 0.6) is 0 Å². The van der Waals surface area contributed by atoms with Gasteiger partial charge in [-0.05, 0) is 38.0 Å². The van der Waals surface area contributed by atoms with E-state index in [4.69, 9.17) is 4.74 Å². The highest BCUT2D eigenvalue weighted by molar-refractivity contribution is 5.93. The predicted octanol–water partition coefficient (Wildman–Crippen LogP) is 2.84. The van der Waals surface area contributed by atoms with Crippen LogP contribution in [0.25, 0.3) is 0 Å². The van der Waals surface area contributed by atoms with Crippen LogP contribution in [0.2, 0.25) is 0 Å². The maximum Gasteiger partial charge on any atom is 0.414 e. The van der Waals surface area contributed by atoms with Gasteiger partial charge in [-0.2, -0.15) is 0 Å². The zero-order valence-corrected chi connectivity index (χ0v) is 15.9. The fourth-order valence-corrected chi connectivity index (χ4v) is 3.64. The van der Waals surface area contributed by atoms with Gasteiger partial charge in [0.25, 0.3) is 0 Å². The van der Waals surface area contributed by atoms with E-state index in [1.54, 1.807) is 18.2 Å². The summed E-state index contributed by atoms with van der Waals surface area (Å²) in [6.07, 6.45) is 3.97. The first-order valence-corrected chi connectivity index (χ1v) is 9.65. The molecular formula is C19H24N6O3. The minimum absolute atomic E-state index is 0.268. The molecule has 0 spiro atoms. The number of rotatable bonds is 4. The van der Waals surface area contributed by atoms with Crippen LogP contribution in [0.1, 0.15) is 43.9 Å². The molecule has 9 nitrogen and oxygen atoms in total. The standard InChI is InChI=1S/C19H24N6O3/c1-13(17-23-22-16-8-3-2-4-9-25(16)17)20-18(26)21-14-6-5-7-15(12-14)24-10-11-28-19(24)27/h5-7,12-13H,2-4,8-11H2,1H3,(H2,20,21,26)/t13-/m1/s1. The quantitative estimate of drug-likeness (QED) is 0.844. The molecule has 1 aromatic heterocycles. The number of anilines is 2. The third-order valence-corrected chi connectivity index (χ3v) is 5.05. The summed E-state index contributed by atoms with van der Waals surface area (Å²) >= 11 is 0. The molecule has 0 radical (unpaired) electrons. The molecule has 3 amide bonds. The van der Waals surface area contributed by atoms with E-state index in [2.05, 4.69) is 25.4 Å². The van der Waals surface area contributed by atoms with Crippen molar-refractivity contribution in [2.45, 2.75) is 45.2 Å². The summed E-state index contributed by atoms with van der Waals surface area (Å²) in [4.78, 5) is 25.7. The maximum absolute atomic E-state index is 12.5. The summed E-state index contributed by atoms with van der Waals surface area (Å²) < 4.78 is 7.08. The van der Waals surface area contributed by atoms with Crippen LogP contribution >= 0.6 is 0 Å². The van der Waals surface area contributed by atoms with Crippen LogP contribution in [-0.4, -0.2) is 40.0 Å². The molecule has 0 bridgehead atoms. The summed E-state index contributed by atoms with van der Waals surface area (Å²) in [6, 6.07) is 6.52. The highest BCUT2D eigenvalue weighted by atomic mass is 16.6. The lowest BCUT2D eigenvalue weighted by atomic mass is 10.2. The van der Waals surface area contributed by atoms with Crippen molar-refractivity contribution in [2.24, 2.45) is 0 Å². The molecular weight excluding hydrogens is 360 g/mol. The molecule has 2 aliphatic heterocycles. The van der Waals surface area contributed by atoms with Crippen molar-refractivity contribution in [2.75, 3.05) is 23.4 Å². The third-order valence-electron chi connectivity index (χ3n) is 5.05. The Balaban J connectivity index is 1.41. The van der Waals surface area contributed by atoms with Crippen LogP contribution in [0.15, 0.2) is 24.3 Å². The highest BCUT2D eigenvalue weighted by Gasteiger charge is 2.24. The number of amides is 3. The van der Waals surface area contributed by atoms with E-state index in [1.807, 2.05) is 13.0 Å². The summed E-state index contributed by atoms with van der Waals surface area (Å²) in [6.45, 7) is 3.67. The number of urea groups is 1. The summed E-state index contributed by atoms with van der Waals surface area (Å²) in [5.41, 5.74) is 1.29. The van der Waals surface area contributed by atoms with Crippen molar-refractivity contribution in [1.29, 1.82) is 0 Å². The molecule has 0 aliphatic carbocycles. The van der Waals surface area contributed by atoms with Crippen LogP contribution in [0, 0.1) is 0 Å². The minimum atomic E-state index is -0.372. The molecule has 3 heterocycles. The van der Waals surface area contributed by atoms with E-state index in [-0.39, 0.29) is 18.2 Å². The number of hydrogen-bond acceptors (Lipinski definition) is 5. The van der Waals surface area contributed by atoms with Crippen molar-refractivity contribution in [3.8, 4) is 0 Å². The number of hydrogen-bond donors (Lipinski definition) is 2. The van der Waals surface area contributed by atoms with Gasteiger partial charge in [-0.15, -0.1) is 10.2 Å². The first kappa shape index (κ1) is 18.3. The molecule has 1 aromatic carbocycles. The minimum Gasteiger partial charge on any atom is -0.447 e. The first-order chi connectivity index (χ1) is 13.6. The highest BCUT2D eigenvalue weighted by Crippen LogP contribution is 2.23. The average molecular weight is 384 g/mol. The number of aromatic nitrogens is 3. The summed E-state index contributed by atoms with van der Waals surface area (Å²) in [5, 5.41) is 14.3. The maximum atomic E-state index is 12.5. The molecule has 0 unspecified atom stereocenters. The second-order valence-corrected chi connectivity index (χ2v) is 7.07. The number of nitrogens with zero attached hydrogens (tertiary/aromatic N) is 4. The fourth-order valence-electron chi connectivity index (χ4n) is 3.64. The Labute approximate surface area is 163 Å². The van der Waals surface area contributed by atoms with Crippen LogP contribution in [0.3, 0.4) is 0 Å². The third kappa shape index (κ3) is 3.78. The van der Waals surface area contributed by atoms with Gasteiger partial charge >= 0.3 is 12.1 Å². The van der Waals surface area contributed by atoms with Gasteiger partial charge in [-0.25, -0.2) is 9.59 Å². The molecule has 148 valence electrons. The number of carbonyl (C=O) groups is 2. The topological polar surface area (TPSA) is 101 Å². The number of fused-ring (bicyclic) bond motifs is 1. The Hall–Kier alpha value is -3.10. The molecule has 9 heteroatoms. The van der Waals surface area contributed by atoms with Crippen molar-refractivity contribution in [3.05, 3.63) is 35.9 Å². The molecule has 2 N–H and O–H groups in total. The Morgan fingerprint density at radius 2 is 2.11 bits per heavy atom. The normalized spacial score (nSPS) is 17.5. The molecule has 1 fully saturated rings. The lowest BCUT2D eigenvalue weighted by Crippen LogP contribution is -2.33. The number of ether oxygens (including phenoxy) is 1. The van der Waals surface area contributed by atoms with Gasteiger partial charge in [0.05, 0.1) is 12.6 Å². The van der Waals surface area contributed by atoms with Crippen LogP contribution in [0.4, 0.5) is 21.0 Å². The largest absolute Gasteiger partial charge is 0.447 e. The summed E-state index contributed by atoms with van der Waals surface area (Å²) in [7, 11) is 0. The van der Waals surface area contributed by atoms with E-state index < -0.39 is 0 Å². The Kier molecular flexibility index (Phi) is 5.14. The molecule has 1 atom stereocenters. The van der Waals surface area contributed by atoms with Crippen molar-refractivity contribution in [3.63, 3.8) is 0 Å². The Bertz CT molecular complexity index is 880. The molecule has 0 saturated carbocycles. The van der Waals surface area contributed by atoms with Crippen molar-refractivity contribution in [1.82, 2.24) is 20.1 Å². The van der Waals surface area contributed by atoms with E-state index >= 15 is 0 Å². The van der Waals surface area contributed by atoms with Gasteiger partial charge < -0.3 is 19.9 Å². The Morgan fingerprint density at radius 3 is 2.93 bits per heavy atom. The van der Waals surface area contributed by atoms with E-state index in [1.165, 1.54) is 11.3 Å². The van der Waals surface area contributed by atoms with E-state index in [0.717, 1.165) is 37.5 Å². The van der Waals surface area contributed by atoms with Gasteiger partial charge in [0.15, 0.2) is 5.82 Å². The van der Waals surface area contributed by atoms with Gasteiger partial charge in [0.2, 0.25) is 0 Å². The first-order valence-electron chi connectivity index (χ1n) is 9.65. The fraction of sp³-hybridized carbons (Fsp3) is 0.474. The number of nitrogens with one attached hydrogen (secondary N) is 2. The predicted molar refractivity (Wildman–Crippen MR) is 103 cm³/mol. The molecule has 28 heavy (non-hydrogen) atoms. The van der Waals surface area contributed by atoms with E-state index in [0.29, 0.717) is 24.5 Å². The molecule has 2 aromatic rings. The molecule has 1 saturated heterocycles. The van der Waals surface area contributed by atoms with Gasteiger partial charge in [0, 0.05) is 24.3 Å². The molecule has 2 aliphatic rings. The average Bonchev–Trinajstić information content (AvgIpc) is 3.21. The molecule has 4 rings (SSSR count). The monoisotopic (exact) mass is 384 g/mol. The zero-order valence-electron chi connectivity index (χ0n) is 15.9. The Morgan fingerprint density at radius 1 is 1.21 bits per heavy atom. The number of aryl methyl sites for hydroxylation is 1. The van der Waals surface area contributed by atoms with Crippen molar-refractivity contribution < 1.29 is 14.3 Å². The lowest BCUT2D eigenvalue weighted by Gasteiger charge is -2.17. The zero-order chi connectivity index (χ0) is 19.5. The smallest absolute Gasteiger partial charge is 0.414 e. The number of benzene rings is 1.